The van der Waals surface area contributed by atoms with Gasteiger partial charge in [0.25, 0.3) is 0 Å². The van der Waals surface area contributed by atoms with E-state index in [1.54, 1.807) is 24.5 Å². The number of pyridine rings is 2. The number of para-hydroxylation sites is 1. The zero-order valence-corrected chi connectivity index (χ0v) is 11.8. The van der Waals surface area contributed by atoms with Gasteiger partial charge in [-0.1, -0.05) is 41.6 Å². The summed E-state index contributed by atoms with van der Waals surface area (Å²) in [4.78, 5) is 9.38. The highest BCUT2D eigenvalue weighted by Gasteiger charge is 2.12. The predicted octanol–water partition coefficient (Wildman–Crippen LogP) is 4.31. The minimum Gasteiger partial charge on any atom is -0.255 e. The number of halogens is 1. The summed E-state index contributed by atoms with van der Waals surface area (Å²) in [5.41, 5.74) is 1.37. The van der Waals surface area contributed by atoms with Crippen LogP contribution in [0.4, 0.5) is 0 Å². The second kappa shape index (κ2) is 5.49. The largest absolute Gasteiger partial charge is 0.255 e. The van der Waals surface area contributed by atoms with Crippen LogP contribution < -0.4 is 0 Å². The van der Waals surface area contributed by atoms with Crippen LogP contribution >= 0.6 is 23.4 Å². The van der Waals surface area contributed by atoms with Crippen molar-refractivity contribution in [2.75, 3.05) is 0 Å². The second-order valence-corrected chi connectivity index (χ2v) is 5.43. The first-order valence-electron chi connectivity index (χ1n) is 5.86. The lowest BCUT2D eigenvalue weighted by atomic mass is 10.2. The molecule has 0 amide bonds. The van der Waals surface area contributed by atoms with E-state index in [-0.39, 0.29) is 0 Å². The van der Waals surface area contributed by atoms with Gasteiger partial charge in [0.05, 0.1) is 16.1 Å². The number of aromatic nitrogens is 2. The topological polar surface area (TPSA) is 49.6 Å². The predicted molar refractivity (Wildman–Crippen MR) is 79.8 cm³/mol. The minimum absolute atomic E-state index is 0.524. The summed E-state index contributed by atoms with van der Waals surface area (Å²) in [5.74, 6) is 0. The van der Waals surface area contributed by atoms with E-state index in [2.05, 4.69) is 16.0 Å². The number of hydrogen-bond donors (Lipinski definition) is 0. The molecule has 0 aliphatic heterocycles. The van der Waals surface area contributed by atoms with Gasteiger partial charge in [0.1, 0.15) is 11.1 Å². The average Bonchev–Trinajstić information content (AvgIpc) is 2.50. The van der Waals surface area contributed by atoms with Crippen LogP contribution in [0.25, 0.3) is 10.9 Å². The van der Waals surface area contributed by atoms with E-state index < -0.39 is 0 Å². The SMILES string of the molecule is N#Cc1cnc2ccccc2c1Sc1ncccc1Cl. The van der Waals surface area contributed by atoms with Crippen molar-refractivity contribution in [3.8, 4) is 6.07 Å². The maximum Gasteiger partial charge on any atom is 0.119 e. The van der Waals surface area contributed by atoms with E-state index >= 15 is 0 Å². The van der Waals surface area contributed by atoms with Crippen molar-refractivity contribution in [1.82, 2.24) is 9.97 Å². The van der Waals surface area contributed by atoms with Gasteiger partial charge in [-0.15, -0.1) is 0 Å². The number of rotatable bonds is 2. The molecule has 0 unspecified atom stereocenters. The first-order chi connectivity index (χ1) is 9.79. The summed E-state index contributed by atoms with van der Waals surface area (Å²) >= 11 is 7.53. The molecule has 0 saturated carbocycles. The van der Waals surface area contributed by atoms with Gasteiger partial charge in [-0.3, -0.25) is 4.98 Å². The van der Waals surface area contributed by atoms with Gasteiger partial charge in [-0.05, 0) is 18.2 Å². The number of hydrogen-bond acceptors (Lipinski definition) is 4. The molecule has 0 fully saturated rings. The Morgan fingerprint density at radius 1 is 1.10 bits per heavy atom. The standard InChI is InChI=1S/C15H8ClN3S/c16-12-5-3-7-18-15(12)20-14-10(8-17)9-19-13-6-2-1-4-11(13)14/h1-7,9H. The van der Waals surface area contributed by atoms with Crippen LogP contribution in [0.15, 0.2) is 58.7 Å². The van der Waals surface area contributed by atoms with Crippen molar-refractivity contribution in [3.63, 3.8) is 0 Å². The zero-order chi connectivity index (χ0) is 13.9. The Morgan fingerprint density at radius 3 is 2.75 bits per heavy atom. The van der Waals surface area contributed by atoms with Gasteiger partial charge in [0.2, 0.25) is 0 Å². The summed E-state index contributed by atoms with van der Waals surface area (Å²) in [5, 5.41) is 11.5. The highest BCUT2D eigenvalue weighted by molar-refractivity contribution is 7.99. The summed E-state index contributed by atoms with van der Waals surface area (Å²) in [6.45, 7) is 0. The fourth-order valence-corrected chi connectivity index (χ4v) is 3.05. The van der Waals surface area contributed by atoms with Gasteiger partial charge in [-0.2, -0.15) is 5.26 Å². The molecule has 96 valence electrons. The van der Waals surface area contributed by atoms with Crippen molar-refractivity contribution in [2.24, 2.45) is 0 Å². The summed E-state index contributed by atoms with van der Waals surface area (Å²) < 4.78 is 0. The van der Waals surface area contributed by atoms with Gasteiger partial charge < -0.3 is 0 Å². The third kappa shape index (κ3) is 2.34. The van der Waals surface area contributed by atoms with Gasteiger partial charge >= 0.3 is 0 Å². The molecule has 20 heavy (non-hydrogen) atoms. The molecular weight excluding hydrogens is 290 g/mol. The molecule has 0 spiro atoms. The quantitative estimate of drug-likeness (QED) is 0.707. The maximum atomic E-state index is 9.27. The Kier molecular flexibility index (Phi) is 3.55. The second-order valence-electron chi connectivity index (χ2n) is 4.02. The number of nitriles is 1. The Bertz CT molecular complexity index is 827. The molecule has 3 aromatic rings. The van der Waals surface area contributed by atoms with Crippen LogP contribution in [-0.2, 0) is 0 Å². The average molecular weight is 298 g/mol. The number of benzene rings is 1. The summed E-state index contributed by atoms with van der Waals surface area (Å²) in [6, 6.07) is 13.4. The summed E-state index contributed by atoms with van der Waals surface area (Å²) in [6.07, 6.45) is 3.27. The molecule has 0 saturated heterocycles. The zero-order valence-electron chi connectivity index (χ0n) is 10.2. The fourth-order valence-electron chi connectivity index (χ4n) is 1.85. The molecule has 3 rings (SSSR count). The molecule has 1 aromatic carbocycles. The molecule has 0 aliphatic carbocycles. The van der Waals surface area contributed by atoms with Gasteiger partial charge in [0.15, 0.2) is 0 Å². The molecular formula is C15H8ClN3S. The first-order valence-corrected chi connectivity index (χ1v) is 7.05. The Balaban J connectivity index is 2.20. The van der Waals surface area contributed by atoms with Crippen molar-refractivity contribution >= 4 is 34.3 Å². The van der Waals surface area contributed by atoms with E-state index in [0.717, 1.165) is 15.8 Å². The molecule has 3 nitrogen and oxygen atoms in total. The van der Waals surface area contributed by atoms with Crippen molar-refractivity contribution < 1.29 is 0 Å². The molecule has 0 aliphatic rings. The molecule has 0 atom stereocenters. The summed E-state index contributed by atoms with van der Waals surface area (Å²) in [7, 11) is 0. The lowest BCUT2D eigenvalue weighted by Crippen LogP contribution is -1.89. The Labute approximate surface area is 125 Å². The van der Waals surface area contributed by atoms with Crippen LogP contribution in [-0.4, -0.2) is 9.97 Å². The van der Waals surface area contributed by atoms with Crippen molar-refractivity contribution in [1.29, 1.82) is 5.26 Å². The van der Waals surface area contributed by atoms with Crippen molar-refractivity contribution in [3.05, 3.63) is 59.4 Å². The van der Waals surface area contributed by atoms with Gasteiger partial charge in [0, 0.05) is 22.7 Å². The van der Waals surface area contributed by atoms with E-state index in [1.807, 2.05) is 24.3 Å². The number of fused-ring (bicyclic) bond motifs is 1. The highest BCUT2D eigenvalue weighted by atomic mass is 35.5. The van der Waals surface area contributed by atoms with E-state index in [4.69, 9.17) is 11.6 Å². The molecule has 2 heterocycles. The molecule has 0 radical (unpaired) electrons. The first kappa shape index (κ1) is 12.9. The maximum absolute atomic E-state index is 9.27. The van der Waals surface area contributed by atoms with Gasteiger partial charge in [-0.25, -0.2) is 4.98 Å². The van der Waals surface area contributed by atoms with Crippen LogP contribution in [0, 0.1) is 11.3 Å². The fraction of sp³-hybridized carbons (Fsp3) is 0. The number of nitrogens with zero attached hydrogens (tertiary/aromatic N) is 3. The highest BCUT2D eigenvalue weighted by Crippen LogP contribution is 2.37. The van der Waals surface area contributed by atoms with Crippen LogP contribution in [0.5, 0.6) is 0 Å². The monoisotopic (exact) mass is 297 g/mol. The lowest BCUT2D eigenvalue weighted by Gasteiger charge is -2.08. The smallest absolute Gasteiger partial charge is 0.119 e. The van der Waals surface area contributed by atoms with Crippen LogP contribution in [0.2, 0.25) is 5.02 Å². The molecule has 2 aromatic heterocycles. The van der Waals surface area contributed by atoms with Crippen LogP contribution in [0.1, 0.15) is 5.56 Å². The third-order valence-electron chi connectivity index (χ3n) is 2.77. The lowest BCUT2D eigenvalue weighted by molar-refractivity contribution is 1.13. The van der Waals surface area contributed by atoms with E-state index in [9.17, 15) is 5.26 Å². The molecule has 5 heteroatoms. The van der Waals surface area contributed by atoms with E-state index in [1.165, 1.54) is 11.8 Å². The molecule has 0 N–H and O–H groups in total. The Morgan fingerprint density at radius 2 is 1.95 bits per heavy atom. The van der Waals surface area contributed by atoms with E-state index in [0.29, 0.717) is 15.6 Å². The normalized spacial score (nSPS) is 10.4. The Hall–Kier alpha value is -2.09. The third-order valence-corrected chi connectivity index (χ3v) is 4.35. The molecule has 0 bridgehead atoms. The minimum atomic E-state index is 0.524. The van der Waals surface area contributed by atoms with Crippen molar-refractivity contribution in [2.45, 2.75) is 9.92 Å². The van der Waals surface area contributed by atoms with Crippen LogP contribution in [0.3, 0.4) is 0 Å².